The van der Waals surface area contributed by atoms with Crippen molar-refractivity contribution in [1.29, 1.82) is 0 Å². The van der Waals surface area contributed by atoms with Crippen LogP contribution in [0.5, 0.6) is 5.75 Å². The normalized spacial score (nSPS) is 18.8. The van der Waals surface area contributed by atoms with Gasteiger partial charge in [-0.2, -0.15) is 0 Å². The number of aromatic carboxylic acids is 1. The second kappa shape index (κ2) is 5.87. The van der Waals surface area contributed by atoms with Gasteiger partial charge < -0.3 is 14.6 Å². The molecule has 1 aliphatic heterocycles. The van der Waals surface area contributed by atoms with Crippen molar-refractivity contribution >= 4 is 5.97 Å². The molecule has 0 saturated carbocycles. The Balaban J connectivity index is 1.92. The molecule has 1 atom stereocenters. The molecule has 4 nitrogen and oxygen atoms in total. The number of carboxylic acids is 1. The van der Waals surface area contributed by atoms with Crippen molar-refractivity contribution in [2.24, 2.45) is 0 Å². The molecule has 0 radical (unpaired) electrons. The fraction of sp³-hybridized carbons (Fsp3) is 0.500. The van der Waals surface area contributed by atoms with Crippen LogP contribution in [0.15, 0.2) is 18.2 Å². The minimum Gasteiger partial charge on any atom is -0.493 e. The summed E-state index contributed by atoms with van der Waals surface area (Å²) in [5, 5.41) is 9.01. The predicted octanol–water partition coefficient (Wildman–Crippen LogP) is 2.64. The third-order valence-electron chi connectivity index (χ3n) is 3.24. The SMILES string of the molecule is Cc1c(OCCC2CCCO2)cccc1C(=O)O. The highest BCUT2D eigenvalue weighted by Crippen LogP contribution is 2.22. The molecule has 1 heterocycles. The Kier molecular flexibility index (Phi) is 4.20. The quantitative estimate of drug-likeness (QED) is 0.872. The largest absolute Gasteiger partial charge is 0.493 e. The Hall–Kier alpha value is -1.55. The first-order chi connectivity index (χ1) is 8.68. The van der Waals surface area contributed by atoms with Crippen molar-refractivity contribution in [3.8, 4) is 5.75 Å². The van der Waals surface area contributed by atoms with Gasteiger partial charge in [0, 0.05) is 18.6 Å². The number of rotatable bonds is 5. The van der Waals surface area contributed by atoms with E-state index < -0.39 is 5.97 Å². The average Bonchev–Trinajstić information content (AvgIpc) is 2.84. The van der Waals surface area contributed by atoms with E-state index in [1.54, 1.807) is 25.1 Å². The van der Waals surface area contributed by atoms with Crippen LogP contribution in [-0.4, -0.2) is 30.4 Å². The molecule has 1 aliphatic rings. The van der Waals surface area contributed by atoms with Crippen molar-refractivity contribution < 1.29 is 19.4 Å². The summed E-state index contributed by atoms with van der Waals surface area (Å²) in [6.07, 6.45) is 3.37. The molecule has 0 spiro atoms. The van der Waals surface area contributed by atoms with Crippen molar-refractivity contribution in [1.82, 2.24) is 0 Å². The molecular weight excluding hydrogens is 232 g/mol. The van der Waals surface area contributed by atoms with Crippen LogP contribution in [0, 0.1) is 6.92 Å². The van der Waals surface area contributed by atoms with Crippen molar-refractivity contribution in [2.45, 2.75) is 32.3 Å². The summed E-state index contributed by atoms with van der Waals surface area (Å²) < 4.78 is 11.2. The number of carbonyl (C=O) groups is 1. The van der Waals surface area contributed by atoms with E-state index in [9.17, 15) is 4.79 Å². The van der Waals surface area contributed by atoms with Gasteiger partial charge in [-0.3, -0.25) is 0 Å². The van der Waals surface area contributed by atoms with E-state index in [-0.39, 0.29) is 0 Å². The van der Waals surface area contributed by atoms with E-state index in [2.05, 4.69) is 0 Å². The molecule has 0 amide bonds. The van der Waals surface area contributed by atoms with Gasteiger partial charge in [0.05, 0.1) is 18.3 Å². The maximum absolute atomic E-state index is 11.0. The molecule has 1 fully saturated rings. The van der Waals surface area contributed by atoms with Gasteiger partial charge >= 0.3 is 5.97 Å². The van der Waals surface area contributed by atoms with Crippen LogP contribution in [0.1, 0.15) is 35.2 Å². The van der Waals surface area contributed by atoms with E-state index >= 15 is 0 Å². The Morgan fingerprint density at radius 3 is 3.06 bits per heavy atom. The lowest BCUT2D eigenvalue weighted by molar-refractivity contribution is 0.0694. The Morgan fingerprint density at radius 1 is 1.56 bits per heavy atom. The molecule has 98 valence electrons. The van der Waals surface area contributed by atoms with Gasteiger partial charge in [-0.05, 0) is 31.9 Å². The summed E-state index contributed by atoms with van der Waals surface area (Å²) in [7, 11) is 0. The van der Waals surface area contributed by atoms with Gasteiger partial charge in [0.15, 0.2) is 0 Å². The lowest BCUT2D eigenvalue weighted by Gasteiger charge is -2.13. The smallest absolute Gasteiger partial charge is 0.336 e. The molecule has 0 aromatic heterocycles. The van der Waals surface area contributed by atoms with Crippen molar-refractivity contribution in [2.75, 3.05) is 13.2 Å². The molecule has 4 heteroatoms. The maximum Gasteiger partial charge on any atom is 0.336 e. The lowest BCUT2D eigenvalue weighted by atomic mass is 10.1. The summed E-state index contributed by atoms with van der Waals surface area (Å²) in [5.41, 5.74) is 0.974. The van der Waals surface area contributed by atoms with Gasteiger partial charge in [-0.15, -0.1) is 0 Å². The van der Waals surface area contributed by atoms with E-state index in [4.69, 9.17) is 14.6 Å². The molecule has 0 aliphatic carbocycles. The van der Waals surface area contributed by atoms with E-state index in [1.807, 2.05) is 0 Å². The Labute approximate surface area is 107 Å². The molecule has 1 aromatic carbocycles. The number of hydrogen-bond donors (Lipinski definition) is 1. The minimum absolute atomic E-state index is 0.296. The molecule has 0 bridgehead atoms. The number of benzene rings is 1. The first-order valence-electron chi connectivity index (χ1n) is 6.26. The summed E-state index contributed by atoms with van der Waals surface area (Å²) in [6.45, 7) is 3.18. The summed E-state index contributed by atoms with van der Waals surface area (Å²) in [5.74, 6) is -0.273. The van der Waals surface area contributed by atoms with Crippen LogP contribution in [-0.2, 0) is 4.74 Å². The third-order valence-corrected chi connectivity index (χ3v) is 3.24. The molecular formula is C14H18O4. The van der Waals surface area contributed by atoms with Crippen LogP contribution < -0.4 is 4.74 Å². The molecule has 1 aromatic rings. The lowest BCUT2D eigenvalue weighted by Crippen LogP contribution is -2.11. The zero-order valence-electron chi connectivity index (χ0n) is 10.5. The topological polar surface area (TPSA) is 55.8 Å². The summed E-state index contributed by atoms with van der Waals surface area (Å²) in [4.78, 5) is 11.0. The number of ether oxygens (including phenoxy) is 2. The van der Waals surface area contributed by atoms with E-state index in [0.717, 1.165) is 25.9 Å². The first kappa shape index (κ1) is 12.9. The van der Waals surface area contributed by atoms with Crippen molar-refractivity contribution in [3.05, 3.63) is 29.3 Å². The summed E-state index contributed by atoms with van der Waals surface area (Å²) in [6, 6.07) is 5.10. The van der Waals surface area contributed by atoms with Crippen LogP contribution in [0.3, 0.4) is 0 Å². The number of hydrogen-bond acceptors (Lipinski definition) is 3. The van der Waals surface area contributed by atoms with Crippen molar-refractivity contribution in [3.63, 3.8) is 0 Å². The van der Waals surface area contributed by atoms with Crippen LogP contribution in [0.25, 0.3) is 0 Å². The van der Waals surface area contributed by atoms with Crippen LogP contribution in [0.2, 0.25) is 0 Å². The highest BCUT2D eigenvalue weighted by molar-refractivity contribution is 5.90. The first-order valence-corrected chi connectivity index (χ1v) is 6.26. The highest BCUT2D eigenvalue weighted by atomic mass is 16.5. The average molecular weight is 250 g/mol. The molecule has 2 rings (SSSR count). The van der Waals surface area contributed by atoms with Gasteiger partial charge in [0.1, 0.15) is 5.75 Å². The molecule has 1 saturated heterocycles. The standard InChI is InChI=1S/C14H18O4/c1-10-12(14(15)16)5-2-6-13(10)18-9-7-11-4-3-8-17-11/h2,5-6,11H,3-4,7-9H2,1H3,(H,15,16). The van der Waals surface area contributed by atoms with Gasteiger partial charge in [0.2, 0.25) is 0 Å². The molecule has 1 unspecified atom stereocenters. The molecule has 1 N–H and O–H groups in total. The summed E-state index contributed by atoms with van der Waals surface area (Å²) >= 11 is 0. The van der Waals surface area contributed by atoms with Gasteiger partial charge in [-0.25, -0.2) is 4.79 Å². The van der Waals surface area contributed by atoms with Gasteiger partial charge in [0.25, 0.3) is 0 Å². The molecule has 18 heavy (non-hydrogen) atoms. The fourth-order valence-corrected chi connectivity index (χ4v) is 2.17. The van der Waals surface area contributed by atoms with Crippen LogP contribution >= 0.6 is 0 Å². The highest BCUT2D eigenvalue weighted by Gasteiger charge is 2.16. The maximum atomic E-state index is 11.0. The predicted molar refractivity (Wildman–Crippen MR) is 67.2 cm³/mol. The minimum atomic E-state index is -0.919. The number of carboxylic acid groups (broad SMARTS) is 1. The zero-order valence-corrected chi connectivity index (χ0v) is 10.5. The second-order valence-electron chi connectivity index (χ2n) is 4.51. The van der Waals surface area contributed by atoms with E-state index in [0.29, 0.717) is 29.6 Å². The zero-order chi connectivity index (χ0) is 13.0. The Bertz CT molecular complexity index is 422. The second-order valence-corrected chi connectivity index (χ2v) is 4.51. The van der Waals surface area contributed by atoms with Crippen LogP contribution in [0.4, 0.5) is 0 Å². The van der Waals surface area contributed by atoms with Gasteiger partial charge in [-0.1, -0.05) is 6.07 Å². The fourth-order valence-electron chi connectivity index (χ4n) is 2.17. The monoisotopic (exact) mass is 250 g/mol. The Morgan fingerprint density at radius 2 is 2.39 bits per heavy atom. The van der Waals surface area contributed by atoms with E-state index in [1.165, 1.54) is 0 Å². The third kappa shape index (κ3) is 3.01.